The van der Waals surface area contributed by atoms with Crippen molar-refractivity contribution in [3.05, 3.63) is 35.3 Å². The summed E-state index contributed by atoms with van der Waals surface area (Å²) in [7, 11) is -3.67. The minimum absolute atomic E-state index is 0.0111. The summed E-state index contributed by atoms with van der Waals surface area (Å²) in [6, 6.07) is 1.46. The molecule has 0 radical (unpaired) electrons. The second kappa shape index (κ2) is 6.00. The van der Waals surface area contributed by atoms with Crippen molar-refractivity contribution in [1.29, 1.82) is 0 Å². The van der Waals surface area contributed by atoms with Gasteiger partial charge in [-0.05, 0) is 26.8 Å². The highest BCUT2D eigenvalue weighted by Gasteiger charge is 2.19. The van der Waals surface area contributed by atoms with Gasteiger partial charge in [0.1, 0.15) is 5.76 Å². The molecule has 8 heteroatoms. The molecule has 0 saturated carbocycles. The van der Waals surface area contributed by atoms with Crippen LogP contribution in [0.1, 0.15) is 30.0 Å². The molecular weight excluding hydrogens is 294 g/mol. The highest BCUT2D eigenvalue weighted by molar-refractivity contribution is 7.89. The lowest BCUT2D eigenvalue weighted by Gasteiger charge is -2.02. The van der Waals surface area contributed by atoms with Gasteiger partial charge in [0.25, 0.3) is 0 Å². The number of nitrogens with zero attached hydrogens (tertiary/aromatic N) is 2. The smallest absolute Gasteiger partial charge is 0.242 e. The Balaban J connectivity index is 2.16. The molecule has 2 rings (SSSR count). The summed E-state index contributed by atoms with van der Waals surface area (Å²) < 4.78 is 33.9. The molecular formula is C13H19N3O4S. The molecule has 0 fully saturated rings. The Hall–Kier alpha value is -1.64. The van der Waals surface area contributed by atoms with Crippen LogP contribution in [0.2, 0.25) is 0 Å². The summed E-state index contributed by atoms with van der Waals surface area (Å²) in [5, 5.41) is 9.21. The van der Waals surface area contributed by atoms with E-state index < -0.39 is 10.0 Å². The molecule has 116 valence electrons. The number of hydrogen-bond acceptors (Lipinski definition) is 5. The van der Waals surface area contributed by atoms with Crippen LogP contribution in [-0.4, -0.2) is 23.1 Å². The maximum Gasteiger partial charge on any atom is 0.242 e. The van der Waals surface area contributed by atoms with E-state index in [0.29, 0.717) is 23.9 Å². The molecule has 7 nitrogen and oxygen atoms in total. The van der Waals surface area contributed by atoms with Crippen LogP contribution >= 0.6 is 0 Å². The second-order valence-corrected chi connectivity index (χ2v) is 6.45. The first kappa shape index (κ1) is 15.7. The van der Waals surface area contributed by atoms with Crippen LogP contribution in [0.5, 0.6) is 0 Å². The van der Waals surface area contributed by atoms with Gasteiger partial charge in [0.05, 0.1) is 23.7 Å². The van der Waals surface area contributed by atoms with Gasteiger partial charge in [0, 0.05) is 18.4 Å². The molecule has 0 amide bonds. The lowest BCUT2D eigenvalue weighted by molar-refractivity contribution is 0.271. The lowest BCUT2D eigenvalue weighted by Crippen LogP contribution is -2.23. The molecule has 0 aliphatic rings. The summed E-state index contributed by atoms with van der Waals surface area (Å²) in [5.41, 5.74) is 1.30. The number of hydrogen-bond donors (Lipinski definition) is 2. The minimum Gasteiger partial charge on any atom is -0.444 e. The number of sulfonamides is 1. The van der Waals surface area contributed by atoms with E-state index >= 15 is 0 Å². The molecule has 0 spiro atoms. The van der Waals surface area contributed by atoms with E-state index in [1.807, 2.05) is 6.92 Å². The Morgan fingerprint density at radius 2 is 2.14 bits per heavy atom. The van der Waals surface area contributed by atoms with Gasteiger partial charge < -0.3 is 14.1 Å². The largest absolute Gasteiger partial charge is 0.444 e. The van der Waals surface area contributed by atoms with E-state index in [0.717, 1.165) is 5.69 Å². The molecule has 2 heterocycles. The third-order valence-electron chi connectivity index (χ3n) is 3.26. The fourth-order valence-electron chi connectivity index (χ4n) is 1.95. The van der Waals surface area contributed by atoms with Crippen LogP contribution in [0.3, 0.4) is 0 Å². The number of aliphatic hydroxyl groups is 1. The summed E-state index contributed by atoms with van der Waals surface area (Å²) >= 11 is 0. The molecule has 0 unspecified atom stereocenters. The summed E-state index contributed by atoms with van der Waals surface area (Å²) in [6.45, 7) is 5.82. The topological polar surface area (TPSA) is 97.4 Å². The maximum atomic E-state index is 12.2. The number of nitrogens with one attached hydrogen (secondary N) is 1. The predicted octanol–water partition coefficient (Wildman–Crippen LogP) is 1.08. The molecule has 2 aromatic heterocycles. The monoisotopic (exact) mass is 313 g/mol. The van der Waals surface area contributed by atoms with Gasteiger partial charge in [-0.25, -0.2) is 18.1 Å². The average Bonchev–Trinajstić information content (AvgIpc) is 3.01. The van der Waals surface area contributed by atoms with Gasteiger partial charge in [0.2, 0.25) is 15.9 Å². The van der Waals surface area contributed by atoms with Crippen LogP contribution in [0.4, 0.5) is 0 Å². The van der Waals surface area contributed by atoms with Gasteiger partial charge in [0.15, 0.2) is 0 Å². The van der Waals surface area contributed by atoms with Gasteiger partial charge in [-0.15, -0.1) is 0 Å². The van der Waals surface area contributed by atoms with Crippen molar-refractivity contribution in [1.82, 2.24) is 14.3 Å². The summed E-state index contributed by atoms with van der Waals surface area (Å²) in [6.07, 6.45) is 1.50. The van der Waals surface area contributed by atoms with Crippen LogP contribution in [-0.2, 0) is 29.7 Å². The molecule has 2 aromatic rings. The van der Waals surface area contributed by atoms with E-state index in [1.165, 1.54) is 12.3 Å². The Bertz CT molecular complexity index is 690. The van der Waals surface area contributed by atoms with Crippen molar-refractivity contribution >= 4 is 10.0 Å². The van der Waals surface area contributed by atoms with Crippen molar-refractivity contribution in [3.8, 4) is 0 Å². The van der Waals surface area contributed by atoms with Gasteiger partial charge in [-0.1, -0.05) is 0 Å². The van der Waals surface area contributed by atoms with Gasteiger partial charge in [-0.2, -0.15) is 0 Å². The second-order valence-electron chi connectivity index (χ2n) is 4.69. The quantitative estimate of drug-likeness (QED) is 0.832. The molecule has 2 N–H and O–H groups in total. The molecule has 0 aromatic carbocycles. The zero-order chi connectivity index (χ0) is 15.6. The van der Waals surface area contributed by atoms with E-state index in [4.69, 9.17) is 4.42 Å². The summed E-state index contributed by atoms with van der Waals surface area (Å²) in [4.78, 5) is 4.24. The van der Waals surface area contributed by atoms with Gasteiger partial charge >= 0.3 is 0 Å². The molecule has 0 atom stereocenters. The normalized spacial score (nSPS) is 12.0. The highest BCUT2D eigenvalue weighted by atomic mass is 32.2. The minimum atomic E-state index is -3.67. The fraction of sp³-hybridized carbons (Fsp3) is 0.462. The average molecular weight is 313 g/mol. The number of rotatable bonds is 6. The Kier molecular flexibility index (Phi) is 4.50. The maximum absolute atomic E-state index is 12.2. The Morgan fingerprint density at radius 1 is 1.43 bits per heavy atom. The zero-order valence-electron chi connectivity index (χ0n) is 12.3. The van der Waals surface area contributed by atoms with Crippen molar-refractivity contribution in [2.75, 3.05) is 0 Å². The van der Waals surface area contributed by atoms with Gasteiger partial charge in [-0.3, -0.25) is 0 Å². The Labute approximate surface area is 123 Å². The third kappa shape index (κ3) is 3.34. The first-order valence-electron chi connectivity index (χ1n) is 6.60. The lowest BCUT2D eigenvalue weighted by atomic mass is 10.4. The zero-order valence-corrected chi connectivity index (χ0v) is 13.1. The number of oxazole rings is 1. The first-order valence-corrected chi connectivity index (χ1v) is 8.08. The SMILES string of the molecule is CCn1cc(S(=O)(=O)NCc2nc(C)c(C)o2)cc1CO. The van der Waals surface area contributed by atoms with E-state index in [9.17, 15) is 13.5 Å². The van der Waals surface area contributed by atoms with E-state index in [1.54, 1.807) is 18.4 Å². The molecule has 0 bridgehead atoms. The van der Waals surface area contributed by atoms with Crippen molar-refractivity contribution in [2.45, 2.75) is 45.4 Å². The van der Waals surface area contributed by atoms with E-state index in [2.05, 4.69) is 9.71 Å². The van der Waals surface area contributed by atoms with Crippen LogP contribution < -0.4 is 4.72 Å². The van der Waals surface area contributed by atoms with Crippen LogP contribution in [0.25, 0.3) is 0 Å². The summed E-state index contributed by atoms with van der Waals surface area (Å²) in [5.74, 6) is 0.995. The molecule has 0 aliphatic carbocycles. The van der Waals surface area contributed by atoms with Crippen LogP contribution in [0.15, 0.2) is 21.6 Å². The van der Waals surface area contributed by atoms with Crippen molar-refractivity contribution in [3.63, 3.8) is 0 Å². The predicted molar refractivity (Wildman–Crippen MR) is 76.0 cm³/mol. The number of aromatic nitrogens is 2. The molecule has 0 aliphatic heterocycles. The Morgan fingerprint density at radius 3 is 2.62 bits per heavy atom. The van der Waals surface area contributed by atoms with Crippen molar-refractivity contribution < 1.29 is 17.9 Å². The fourth-order valence-corrected chi connectivity index (χ4v) is 2.99. The number of aliphatic hydroxyl groups excluding tert-OH is 1. The van der Waals surface area contributed by atoms with E-state index in [-0.39, 0.29) is 18.0 Å². The molecule has 0 saturated heterocycles. The van der Waals surface area contributed by atoms with Crippen molar-refractivity contribution in [2.24, 2.45) is 0 Å². The number of aryl methyl sites for hydroxylation is 3. The standard InChI is InChI=1S/C13H19N3O4S/c1-4-16-7-12(5-11(16)8-17)21(18,19)14-6-13-15-9(2)10(3)20-13/h5,7,14,17H,4,6,8H2,1-3H3. The highest BCUT2D eigenvalue weighted by Crippen LogP contribution is 2.15. The first-order chi connectivity index (χ1) is 9.87. The third-order valence-corrected chi connectivity index (χ3v) is 4.63. The van der Waals surface area contributed by atoms with Crippen LogP contribution in [0, 0.1) is 13.8 Å². The molecule has 21 heavy (non-hydrogen) atoms.